The molecule has 1 heterocycles. The fraction of sp³-hybridized carbons (Fsp3) is 0.571. The van der Waals surface area contributed by atoms with Gasteiger partial charge in [0.1, 0.15) is 5.69 Å². The molecule has 0 aliphatic carbocycles. The van der Waals surface area contributed by atoms with E-state index in [9.17, 15) is 8.78 Å². The maximum Gasteiger partial charge on any atom is 0.151 e. The Morgan fingerprint density at radius 3 is 2.37 bits per heavy atom. The summed E-state index contributed by atoms with van der Waals surface area (Å²) in [6.45, 7) is 4.73. The average Bonchev–Trinajstić information content (AvgIpc) is 2.38. The maximum absolute atomic E-state index is 13.6. The summed E-state index contributed by atoms with van der Waals surface area (Å²) in [5.41, 5.74) is 5.40. The maximum atomic E-state index is 13.6. The van der Waals surface area contributed by atoms with Crippen molar-refractivity contribution in [3.05, 3.63) is 23.8 Å². The summed E-state index contributed by atoms with van der Waals surface area (Å²) in [5, 5.41) is 2.86. The molecule has 1 aliphatic heterocycles. The Labute approximate surface area is 112 Å². The first-order chi connectivity index (χ1) is 9.08. The molecular weight excluding hydrogens is 248 g/mol. The van der Waals surface area contributed by atoms with Crippen LogP contribution in [0, 0.1) is 11.6 Å². The smallest absolute Gasteiger partial charge is 0.151 e. The number of benzene rings is 1. The van der Waals surface area contributed by atoms with Gasteiger partial charge >= 0.3 is 0 Å². The lowest BCUT2D eigenvalue weighted by Crippen LogP contribution is -2.41. The quantitative estimate of drug-likeness (QED) is 0.826. The number of hydrogen-bond donors (Lipinski definition) is 2. The van der Waals surface area contributed by atoms with E-state index in [1.54, 1.807) is 0 Å². The van der Waals surface area contributed by atoms with Crippen LogP contribution >= 0.6 is 0 Å². The third-order valence-corrected chi connectivity index (χ3v) is 3.65. The number of nitrogens with one attached hydrogen (secondary N) is 1. The predicted octanol–water partition coefficient (Wildman–Crippen LogP) is 2.83. The fourth-order valence-electron chi connectivity index (χ4n) is 2.50. The van der Waals surface area contributed by atoms with Gasteiger partial charge in [0.15, 0.2) is 11.6 Å². The molecule has 1 saturated heterocycles. The molecule has 2 rings (SSSR count). The lowest BCUT2D eigenvalue weighted by Gasteiger charge is -2.32. The van der Waals surface area contributed by atoms with E-state index in [1.165, 1.54) is 19.3 Å². The van der Waals surface area contributed by atoms with Crippen molar-refractivity contribution in [2.75, 3.05) is 30.7 Å². The van der Waals surface area contributed by atoms with Crippen LogP contribution in [0.5, 0.6) is 0 Å². The lowest BCUT2D eigenvalue weighted by molar-refractivity contribution is 0.180. The van der Waals surface area contributed by atoms with Crippen LogP contribution in [0.1, 0.15) is 26.2 Å². The fourth-order valence-corrected chi connectivity index (χ4v) is 2.50. The Kier molecular flexibility index (Phi) is 4.58. The van der Waals surface area contributed by atoms with Crippen LogP contribution in [0.15, 0.2) is 12.1 Å². The Balaban J connectivity index is 1.94. The van der Waals surface area contributed by atoms with Gasteiger partial charge in [0, 0.05) is 18.3 Å². The number of anilines is 2. The Bertz CT molecular complexity index is 408. The molecule has 1 fully saturated rings. The largest absolute Gasteiger partial charge is 0.399 e. The van der Waals surface area contributed by atoms with Gasteiger partial charge in [-0.15, -0.1) is 0 Å². The van der Waals surface area contributed by atoms with Crippen LogP contribution in [-0.2, 0) is 0 Å². The third kappa shape index (κ3) is 3.56. The van der Waals surface area contributed by atoms with E-state index in [1.807, 2.05) is 0 Å². The molecule has 3 N–H and O–H groups in total. The molecule has 0 spiro atoms. The van der Waals surface area contributed by atoms with Gasteiger partial charge in [-0.2, -0.15) is 0 Å². The first-order valence-electron chi connectivity index (χ1n) is 6.80. The number of nitrogen functional groups attached to an aromatic ring is 1. The molecule has 19 heavy (non-hydrogen) atoms. The molecule has 1 aromatic carbocycles. The molecule has 3 nitrogen and oxygen atoms in total. The molecule has 106 valence electrons. The first kappa shape index (κ1) is 14.1. The molecule has 1 atom stereocenters. The summed E-state index contributed by atoms with van der Waals surface area (Å²) >= 11 is 0. The zero-order valence-electron chi connectivity index (χ0n) is 11.3. The van der Waals surface area contributed by atoms with Crippen LogP contribution in [0.4, 0.5) is 20.2 Å². The summed E-state index contributed by atoms with van der Waals surface area (Å²) in [6, 6.07) is 2.53. The van der Waals surface area contributed by atoms with Crippen molar-refractivity contribution in [1.82, 2.24) is 4.90 Å². The normalized spacial score (nSPS) is 18.3. The first-order valence-corrected chi connectivity index (χ1v) is 6.80. The minimum absolute atomic E-state index is 0.0851. The standard InChI is InChI=1S/C14H21F2N3/c1-10(19-5-3-2-4-6-19)9-18-14-12(15)7-11(17)8-13(14)16/h7-8,10,18H,2-6,9,17H2,1H3. The number of nitrogens with zero attached hydrogens (tertiary/aromatic N) is 1. The summed E-state index contributed by atoms with van der Waals surface area (Å²) in [4.78, 5) is 2.35. The zero-order chi connectivity index (χ0) is 13.8. The van der Waals surface area contributed by atoms with E-state index in [0.717, 1.165) is 25.2 Å². The highest BCUT2D eigenvalue weighted by atomic mass is 19.1. The van der Waals surface area contributed by atoms with Gasteiger partial charge in [-0.25, -0.2) is 8.78 Å². The molecule has 5 heteroatoms. The molecular formula is C14H21F2N3. The molecule has 0 aromatic heterocycles. The van der Waals surface area contributed by atoms with Crippen LogP contribution in [0.2, 0.25) is 0 Å². The summed E-state index contributed by atoms with van der Waals surface area (Å²) in [6.07, 6.45) is 3.68. The lowest BCUT2D eigenvalue weighted by atomic mass is 10.1. The topological polar surface area (TPSA) is 41.3 Å². The molecule has 1 unspecified atom stereocenters. The van der Waals surface area contributed by atoms with Gasteiger partial charge in [-0.3, -0.25) is 4.90 Å². The minimum Gasteiger partial charge on any atom is -0.399 e. The third-order valence-electron chi connectivity index (χ3n) is 3.65. The Morgan fingerprint density at radius 1 is 1.21 bits per heavy atom. The van der Waals surface area contributed by atoms with Gasteiger partial charge in [-0.05, 0) is 45.0 Å². The number of piperidine rings is 1. The van der Waals surface area contributed by atoms with Crippen molar-refractivity contribution >= 4 is 11.4 Å². The van der Waals surface area contributed by atoms with Crippen molar-refractivity contribution in [1.29, 1.82) is 0 Å². The zero-order valence-corrected chi connectivity index (χ0v) is 11.3. The molecule has 1 aliphatic rings. The second-order valence-corrected chi connectivity index (χ2v) is 5.19. The predicted molar refractivity (Wildman–Crippen MR) is 74.1 cm³/mol. The number of halogens is 2. The Hall–Kier alpha value is -1.36. The van der Waals surface area contributed by atoms with Gasteiger partial charge < -0.3 is 11.1 Å². The van der Waals surface area contributed by atoms with Crippen molar-refractivity contribution < 1.29 is 8.78 Å². The van der Waals surface area contributed by atoms with E-state index >= 15 is 0 Å². The molecule has 1 aromatic rings. The van der Waals surface area contributed by atoms with Crippen LogP contribution in [0.25, 0.3) is 0 Å². The number of rotatable bonds is 4. The second kappa shape index (κ2) is 6.19. The van der Waals surface area contributed by atoms with Crippen LogP contribution in [0.3, 0.4) is 0 Å². The molecule has 0 bridgehead atoms. The van der Waals surface area contributed by atoms with Crippen molar-refractivity contribution in [3.63, 3.8) is 0 Å². The molecule has 0 amide bonds. The van der Waals surface area contributed by atoms with Crippen LogP contribution < -0.4 is 11.1 Å². The van der Waals surface area contributed by atoms with E-state index < -0.39 is 11.6 Å². The summed E-state index contributed by atoms with van der Waals surface area (Å²) < 4.78 is 27.2. The number of nitrogens with two attached hydrogens (primary N) is 1. The molecule has 0 saturated carbocycles. The van der Waals surface area contributed by atoms with E-state index in [2.05, 4.69) is 17.1 Å². The van der Waals surface area contributed by atoms with E-state index in [4.69, 9.17) is 5.73 Å². The van der Waals surface area contributed by atoms with Crippen molar-refractivity contribution in [2.45, 2.75) is 32.2 Å². The Morgan fingerprint density at radius 2 is 1.79 bits per heavy atom. The van der Waals surface area contributed by atoms with Gasteiger partial charge in [0.25, 0.3) is 0 Å². The minimum atomic E-state index is -0.636. The number of likely N-dealkylation sites (tertiary alicyclic amines) is 1. The van der Waals surface area contributed by atoms with E-state index in [0.29, 0.717) is 6.54 Å². The monoisotopic (exact) mass is 269 g/mol. The molecule has 0 radical (unpaired) electrons. The SMILES string of the molecule is CC(CNc1c(F)cc(N)cc1F)N1CCCCC1. The van der Waals surface area contributed by atoms with Crippen LogP contribution in [-0.4, -0.2) is 30.6 Å². The second-order valence-electron chi connectivity index (χ2n) is 5.19. The van der Waals surface area contributed by atoms with Gasteiger partial charge in [0.05, 0.1) is 0 Å². The highest BCUT2D eigenvalue weighted by Gasteiger charge is 2.17. The summed E-state index contributed by atoms with van der Waals surface area (Å²) in [5.74, 6) is -1.27. The highest BCUT2D eigenvalue weighted by Crippen LogP contribution is 2.22. The van der Waals surface area contributed by atoms with Gasteiger partial charge in [-0.1, -0.05) is 6.42 Å². The highest BCUT2D eigenvalue weighted by molar-refractivity contribution is 5.54. The van der Waals surface area contributed by atoms with Crippen molar-refractivity contribution in [2.24, 2.45) is 0 Å². The summed E-state index contributed by atoms with van der Waals surface area (Å²) in [7, 11) is 0. The van der Waals surface area contributed by atoms with Crippen molar-refractivity contribution in [3.8, 4) is 0 Å². The average molecular weight is 269 g/mol. The van der Waals surface area contributed by atoms with Gasteiger partial charge in [0.2, 0.25) is 0 Å². The van der Waals surface area contributed by atoms with E-state index in [-0.39, 0.29) is 17.4 Å². The number of hydrogen-bond acceptors (Lipinski definition) is 3.